The van der Waals surface area contributed by atoms with Crippen LogP contribution in [-0.2, 0) is 13.0 Å². The highest BCUT2D eigenvalue weighted by molar-refractivity contribution is 9.10. The fourth-order valence-corrected chi connectivity index (χ4v) is 3.28. The first-order valence-corrected chi connectivity index (χ1v) is 7.51. The van der Waals surface area contributed by atoms with Gasteiger partial charge in [-0.3, -0.25) is 4.79 Å². The molecule has 0 N–H and O–H groups in total. The summed E-state index contributed by atoms with van der Waals surface area (Å²) in [5, 5.41) is 0. The Bertz CT molecular complexity index is 660. The van der Waals surface area contributed by atoms with Gasteiger partial charge in [-0.2, -0.15) is 0 Å². The van der Waals surface area contributed by atoms with Crippen LogP contribution in [0.2, 0.25) is 0 Å². The summed E-state index contributed by atoms with van der Waals surface area (Å²) < 4.78 is 8.28. The predicted octanol–water partition coefficient (Wildman–Crippen LogP) is 3.83. The summed E-state index contributed by atoms with van der Waals surface area (Å²) in [6.07, 6.45) is 6.76. The van der Waals surface area contributed by atoms with Gasteiger partial charge in [-0.15, -0.1) is 0 Å². The van der Waals surface area contributed by atoms with Crippen LogP contribution < -0.4 is 4.74 Å². The minimum Gasteiger partial charge on any atom is -0.496 e. The molecule has 0 atom stereocenters. The van der Waals surface area contributed by atoms with Crippen molar-refractivity contribution < 1.29 is 9.53 Å². The van der Waals surface area contributed by atoms with Gasteiger partial charge in [-0.25, -0.2) is 0 Å². The average Bonchev–Trinajstić information content (AvgIpc) is 2.83. The summed E-state index contributed by atoms with van der Waals surface area (Å²) in [6.45, 7) is 0.767. The second-order valence-electron chi connectivity index (χ2n) is 5.12. The van der Waals surface area contributed by atoms with Crippen LogP contribution in [0.3, 0.4) is 0 Å². The van der Waals surface area contributed by atoms with Crippen molar-refractivity contribution >= 4 is 21.7 Å². The van der Waals surface area contributed by atoms with Crippen molar-refractivity contribution in [2.75, 3.05) is 7.11 Å². The Kier molecular flexibility index (Phi) is 3.66. The Hall–Kier alpha value is -1.55. The summed E-state index contributed by atoms with van der Waals surface area (Å²) in [5.41, 5.74) is 3.27. The number of Topliss-reactive ketones (excluding diaryl/α,β-unsaturated/α-hetero) is 1. The Morgan fingerprint density at radius 1 is 1.30 bits per heavy atom. The lowest BCUT2D eigenvalue weighted by atomic mass is 9.95. The van der Waals surface area contributed by atoms with E-state index < -0.39 is 0 Å². The van der Waals surface area contributed by atoms with Gasteiger partial charge in [-0.05, 0) is 52.0 Å². The molecule has 0 saturated heterocycles. The molecule has 0 bridgehead atoms. The lowest BCUT2D eigenvalue weighted by Gasteiger charge is -2.07. The first kappa shape index (κ1) is 13.4. The third-order valence-electron chi connectivity index (χ3n) is 3.69. The summed E-state index contributed by atoms with van der Waals surface area (Å²) in [5.74, 6) is 1.11. The minimum absolute atomic E-state index is 0.279. The molecule has 0 radical (unpaired) electrons. The van der Waals surface area contributed by atoms with Gasteiger partial charge in [0.1, 0.15) is 5.75 Å². The molecule has 0 spiro atoms. The van der Waals surface area contributed by atoms with Gasteiger partial charge in [0.2, 0.25) is 0 Å². The van der Waals surface area contributed by atoms with Gasteiger partial charge < -0.3 is 9.30 Å². The highest BCUT2D eigenvalue weighted by atomic mass is 79.9. The SMILES string of the molecule is COc1ccc(Cn2cc3c(c2)C(=O)CCC3)cc1Br. The third-order valence-corrected chi connectivity index (χ3v) is 4.31. The number of rotatable bonds is 3. The summed E-state index contributed by atoms with van der Waals surface area (Å²) >= 11 is 3.50. The number of benzene rings is 1. The second kappa shape index (κ2) is 5.44. The molecule has 20 heavy (non-hydrogen) atoms. The molecule has 3 rings (SSSR count). The van der Waals surface area contributed by atoms with Crippen LogP contribution in [0.1, 0.15) is 34.3 Å². The molecule has 1 heterocycles. The number of ether oxygens (including phenoxy) is 1. The van der Waals surface area contributed by atoms with Gasteiger partial charge in [0.25, 0.3) is 0 Å². The Morgan fingerprint density at radius 3 is 2.85 bits per heavy atom. The van der Waals surface area contributed by atoms with Crippen LogP contribution in [0.4, 0.5) is 0 Å². The molecule has 2 aromatic rings. The molecule has 1 aliphatic carbocycles. The number of hydrogen-bond donors (Lipinski definition) is 0. The van der Waals surface area contributed by atoms with Crippen LogP contribution in [0.15, 0.2) is 35.1 Å². The molecule has 0 aliphatic heterocycles. The number of nitrogens with zero attached hydrogens (tertiary/aromatic N) is 1. The largest absolute Gasteiger partial charge is 0.496 e. The molecule has 1 aromatic heterocycles. The van der Waals surface area contributed by atoms with Gasteiger partial charge >= 0.3 is 0 Å². The van der Waals surface area contributed by atoms with E-state index in [1.54, 1.807) is 7.11 Å². The summed E-state index contributed by atoms with van der Waals surface area (Å²) in [6, 6.07) is 6.05. The standard InChI is InChI=1S/C16H16BrNO2/c1-20-16-6-5-11(7-14(16)17)8-18-9-12-3-2-4-15(19)13(12)10-18/h5-7,9-10H,2-4,8H2,1H3. The molecule has 1 aromatic carbocycles. The first-order valence-electron chi connectivity index (χ1n) is 6.71. The van der Waals surface area contributed by atoms with Gasteiger partial charge in [0.15, 0.2) is 5.78 Å². The maximum Gasteiger partial charge on any atom is 0.164 e. The zero-order valence-corrected chi connectivity index (χ0v) is 12.9. The van der Waals surface area contributed by atoms with Gasteiger partial charge in [-0.1, -0.05) is 6.07 Å². The molecule has 0 fully saturated rings. The van der Waals surface area contributed by atoms with E-state index in [1.165, 1.54) is 11.1 Å². The monoisotopic (exact) mass is 333 g/mol. The number of halogens is 1. The van der Waals surface area contributed by atoms with E-state index >= 15 is 0 Å². The number of aryl methyl sites for hydroxylation is 1. The maximum absolute atomic E-state index is 11.9. The third kappa shape index (κ3) is 2.52. The van der Waals surface area contributed by atoms with Crippen molar-refractivity contribution in [3.05, 3.63) is 51.8 Å². The Balaban J connectivity index is 1.85. The highest BCUT2D eigenvalue weighted by Gasteiger charge is 2.19. The van der Waals surface area contributed by atoms with E-state index in [0.29, 0.717) is 6.42 Å². The fourth-order valence-electron chi connectivity index (χ4n) is 2.69. The Labute approximate surface area is 126 Å². The summed E-state index contributed by atoms with van der Waals surface area (Å²) in [4.78, 5) is 11.9. The van der Waals surface area contributed by atoms with Crippen LogP contribution in [0, 0.1) is 0 Å². The van der Waals surface area contributed by atoms with E-state index in [0.717, 1.165) is 35.2 Å². The number of ketones is 1. The van der Waals surface area contributed by atoms with Gasteiger partial charge in [0.05, 0.1) is 11.6 Å². The van der Waals surface area contributed by atoms with Crippen LogP contribution >= 0.6 is 15.9 Å². The van der Waals surface area contributed by atoms with E-state index in [4.69, 9.17) is 4.74 Å². The number of hydrogen-bond acceptors (Lipinski definition) is 2. The van der Waals surface area contributed by atoms with Crippen molar-refractivity contribution in [2.45, 2.75) is 25.8 Å². The van der Waals surface area contributed by atoms with E-state index in [1.807, 2.05) is 18.3 Å². The van der Waals surface area contributed by atoms with E-state index in [-0.39, 0.29) is 5.78 Å². The van der Waals surface area contributed by atoms with Crippen molar-refractivity contribution in [3.63, 3.8) is 0 Å². The molecule has 104 valence electrons. The van der Waals surface area contributed by atoms with Crippen LogP contribution in [0.25, 0.3) is 0 Å². The average molecular weight is 334 g/mol. The summed E-state index contributed by atoms with van der Waals surface area (Å²) in [7, 11) is 1.66. The van der Waals surface area contributed by atoms with Gasteiger partial charge in [0, 0.05) is 30.9 Å². The molecule has 0 unspecified atom stereocenters. The molecular formula is C16H16BrNO2. The lowest BCUT2D eigenvalue weighted by Crippen LogP contribution is -2.07. The number of carbonyl (C=O) groups excluding carboxylic acids is 1. The van der Waals surface area contributed by atoms with Crippen molar-refractivity contribution in [1.82, 2.24) is 4.57 Å². The fraction of sp³-hybridized carbons (Fsp3) is 0.312. The molecular weight excluding hydrogens is 318 g/mol. The number of methoxy groups -OCH3 is 1. The molecule has 4 heteroatoms. The lowest BCUT2D eigenvalue weighted by molar-refractivity contribution is 0.0973. The van der Waals surface area contributed by atoms with Crippen molar-refractivity contribution in [2.24, 2.45) is 0 Å². The molecule has 0 saturated carbocycles. The van der Waals surface area contributed by atoms with E-state index in [2.05, 4.69) is 32.8 Å². The van der Waals surface area contributed by atoms with Crippen LogP contribution in [0.5, 0.6) is 5.75 Å². The zero-order chi connectivity index (χ0) is 14.1. The quantitative estimate of drug-likeness (QED) is 0.854. The number of aromatic nitrogens is 1. The number of fused-ring (bicyclic) bond motifs is 1. The zero-order valence-electron chi connectivity index (χ0n) is 11.4. The van der Waals surface area contributed by atoms with E-state index in [9.17, 15) is 4.79 Å². The highest BCUT2D eigenvalue weighted by Crippen LogP contribution is 2.27. The predicted molar refractivity (Wildman–Crippen MR) is 81.5 cm³/mol. The van der Waals surface area contributed by atoms with Crippen molar-refractivity contribution in [1.29, 1.82) is 0 Å². The molecule has 0 amide bonds. The number of carbonyl (C=O) groups is 1. The minimum atomic E-state index is 0.279. The molecule has 1 aliphatic rings. The second-order valence-corrected chi connectivity index (χ2v) is 5.97. The topological polar surface area (TPSA) is 31.2 Å². The Morgan fingerprint density at radius 2 is 2.15 bits per heavy atom. The first-order chi connectivity index (χ1) is 9.67. The maximum atomic E-state index is 11.9. The molecule has 3 nitrogen and oxygen atoms in total. The van der Waals surface area contributed by atoms with Crippen LogP contribution in [-0.4, -0.2) is 17.5 Å². The van der Waals surface area contributed by atoms with Crippen molar-refractivity contribution in [3.8, 4) is 5.75 Å². The smallest absolute Gasteiger partial charge is 0.164 e. The normalized spacial score (nSPS) is 14.2.